The molecule has 1 aromatic carbocycles. The molecular formula is C16H21Cl2N3O2. The van der Waals surface area contributed by atoms with Gasteiger partial charge in [0, 0.05) is 17.1 Å². The van der Waals surface area contributed by atoms with Crippen LogP contribution in [0.2, 0.25) is 5.02 Å². The van der Waals surface area contributed by atoms with Crippen LogP contribution < -0.4 is 16.0 Å². The Labute approximate surface area is 146 Å². The van der Waals surface area contributed by atoms with E-state index in [0.717, 1.165) is 36.6 Å². The lowest BCUT2D eigenvalue weighted by molar-refractivity contribution is -0.133. The lowest BCUT2D eigenvalue weighted by Crippen LogP contribution is -2.47. The highest BCUT2D eigenvalue weighted by molar-refractivity contribution is 6.31. The molecule has 0 radical (unpaired) electrons. The molecule has 1 unspecified atom stereocenters. The summed E-state index contributed by atoms with van der Waals surface area (Å²) in [7, 11) is 0. The summed E-state index contributed by atoms with van der Waals surface area (Å²) in [4.78, 5) is 22.9. The van der Waals surface area contributed by atoms with Crippen LogP contribution in [0.25, 0.3) is 0 Å². The van der Waals surface area contributed by atoms with Crippen molar-refractivity contribution >= 4 is 41.5 Å². The third-order valence-electron chi connectivity index (χ3n) is 4.36. The zero-order valence-electron chi connectivity index (χ0n) is 12.7. The Balaban J connectivity index is 0.00000192. The highest BCUT2D eigenvalue weighted by Crippen LogP contribution is 2.33. The second-order valence-electron chi connectivity index (χ2n) is 5.91. The first-order valence-corrected chi connectivity index (χ1v) is 8.11. The van der Waals surface area contributed by atoms with Gasteiger partial charge in [-0.15, -0.1) is 12.4 Å². The van der Waals surface area contributed by atoms with Crippen LogP contribution in [0.1, 0.15) is 37.2 Å². The molecule has 2 fully saturated rings. The van der Waals surface area contributed by atoms with Crippen molar-refractivity contribution in [2.45, 2.75) is 37.6 Å². The number of benzene rings is 1. The second-order valence-corrected chi connectivity index (χ2v) is 6.32. The van der Waals surface area contributed by atoms with E-state index < -0.39 is 0 Å². The summed E-state index contributed by atoms with van der Waals surface area (Å²) in [6.45, 7) is 2.05. The molecule has 0 bridgehead atoms. The summed E-state index contributed by atoms with van der Waals surface area (Å²) in [5.74, 6) is 0.0237. The zero-order valence-corrected chi connectivity index (χ0v) is 14.3. The van der Waals surface area contributed by atoms with E-state index in [1.165, 1.54) is 5.56 Å². The number of amides is 2. The molecule has 5 nitrogen and oxygen atoms in total. The second kappa shape index (κ2) is 7.99. The van der Waals surface area contributed by atoms with E-state index in [9.17, 15) is 9.59 Å². The van der Waals surface area contributed by atoms with Gasteiger partial charge in [0.05, 0.1) is 0 Å². The quantitative estimate of drug-likeness (QED) is 0.726. The van der Waals surface area contributed by atoms with Gasteiger partial charge in [0.2, 0.25) is 11.8 Å². The van der Waals surface area contributed by atoms with Crippen LogP contribution in [0.3, 0.4) is 0 Å². The first-order valence-electron chi connectivity index (χ1n) is 7.74. The minimum Gasteiger partial charge on any atom is -0.374 e. The number of hydrogen-bond acceptors (Lipinski definition) is 4. The van der Waals surface area contributed by atoms with Crippen LogP contribution in [0, 0.1) is 0 Å². The van der Waals surface area contributed by atoms with Gasteiger partial charge in [-0.3, -0.25) is 14.9 Å². The summed E-state index contributed by atoms with van der Waals surface area (Å²) >= 11 is 6.42. The van der Waals surface area contributed by atoms with Crippen molar-refractivity contribution in [1.29, 1.82) is 0 Å². The van der Waals surface area contributed by atoms with Crippen molar-refractivity contribution < 1.29 is 9.59 Å². The predicted octanol–water partition coefficient (Wildman–Crippen LogP) is 2.45. The number of piperidine rings is 2. The van der Waals surface area contributed by atoms with E-state index in [4.69, 9.17) is 11.6 Å². The Kier molecular flexibility index (Phi) is 6.27. The van der Waals surface area contributed by atoms with E-state index in [1.54, 1.807) is 0 Å². The highest BCUT2D eigenvalue weighted by Gasteiger charge is 2.26. The maximum absolute atomic E-state index is 11.8. The van der Waals surface area contributed by atoms with Crippen LogP contribution >= 0.6 is 24.0 Å². The first kappa shape index (κ1) is 18.0. The Hall–Kier alpha value is -1.30. The predicted molar refractivity (Wildman–Crippen MR) is 93.3 cm³/mol. The van der Waals surface area contributed by atoms with Gasteiger partial charge in [0.25, 0.3) is 0 Å². The number of nitrogens with one attached hydrogen (secondary N) is 3. The Morgan fingerprint density at radius 2 is 1.87 bits per heavy atom. The van der Waals surface area contributed by atoms with Gasteiger partial charge in [-0.1, -0.05) is 17.7 Å². The highest BCUT2D eigenvalue weighted by atomic mass is 35.5. The normalized spacial score (nSPS) is 22.2. The van der Waals surface area contributed by atoms with Crippen molar-refractivity contribution in [3.63, 3.8) is 0 Å². The topological polar surface area (TPSA) is 70.2 Å². The van der Waals surface area contributed by atoms with Gasteiger partial charge in [0.15, 0.2) is 0 Å². The molecule has 2 aliphatic rings. The number of imide groups is 1. The lowest BCUT2D eigenvalue weighted by atomic mass is 9.90. The molecule has 1 atom stereocenters. The van der Waals surface area contributed by atoms with E-state index in [2.05, 4.69) is 16.0 Å². The summed E-state index contributed by atoms with van der Waals surface area (Å²) in [6.07, 6.45) is 3.07. The van der Waals surface area contributed by atoms with Gasteiger partial charge in [-0.05, 0) is 56.0 Å². The Morgan fingerprint density at radius 1 is 1.13 bits per heavy atom. The molecule has 23 heavy (non-hydrogen) atoms. The summed E-state index contributed by atoms with van der Waals surface area (Å²) in [6, 6.07) is 5.51. The van der Waals surface area contributed by atoms with E-state index in [-0.39, 0.29) is 30.3 Å². The lowest BCUT2D eigenvalue weighted by Gasteiger charge is -2.25. The molecule has 2 saturated heterocycles. The van der Waals surface area contributed by atoms with Crippen molar-refractivity contribution in [2.24, 2.45) is 0 Å². The number of hydrogen-bond donors (Lipinski definition) is 3. The summed E-state index contributed by atoms with van der Waals surface area (Å²) in [5, 5.41) is 9.60. The number of carbonyl (C=O) groups is 2. The molecule has 3 rings (SSSR count). The van der Waals surface area contributed by atoms with Gasteiger partial charge in [-0.2, -0.15) is 0 Å². The zero-order chi connectivity index (χ0) is 15.5. The van der Waals surface area contributed by atoms with Crippen LogP contribution in [-0.2, 0) is 9.59 Å². The average Bonchev–Trinajstić information content (AvgIpc) is 2.51. The Bertz CT molecular complexity index is 589. The maximum atomic E-state index is 11.8. The molecule has 2 aliphatic heterocycles. The molecule has 0 saturated carbocycles. The number of halogens is 2. The molecule has 7 heteroatoms. The van der Waals surface area contributed by atoms with Crippen LogP contribution in [0.5, 0.6) is 0 Å². The van der Waals surface area contributed by atoms with Gasteiger partial charge < -0.3 is 10.6 Å². The third kappa shape index (κ3) is 4.37. The number of carbonyl (C=O) groups excluding carboxylic acids is 2. The van der Waals surface area contributed by atoms with E-state index in [1.807, 2.05) is 18.2 Å². The molecule has 0 spiro atoms. The molecule has 0 aliphatic carbocycles. The SMILES string of the molecule is Cl.O=C1CCC(Nc2ccc(C3CCNCC3)c(Cl)c2)C(=O)N1. The van der Waals surface area contributed by atoms with E-state index >= 15 is 0 Å². The van der Waals surface area contributed by atoms with Gasteiger partial charge in [0.1, 0.15) is 6.04 Å². The largest absolute Gasteiger partial charge is 0.374 e. The van der Waals surface area contributed by atoms with Gasteiger partial charge in [-0.25, -0.2) is 0 Å². The molecule has 126 valence electrons. The van der Waals surface area contributed by atoms with Crippen LogP contribution in [0.4, 0.5) is 5.69 Å². The van der Waals surface area contributed by atoms with Crippen LogP contribution in [-0.4, -0.2) is 30.9 Å². The fourth-order valence-corrected chi connectivity index (χ4v) is 3.45. The first-order chi connectivity index (χ1) is 10.6. The Morgan fingerprint density at radius 3 is 2.52 bits per heavy atom. The summed E-state index contributed by atoms with van der Waals surface area (Å²) < 4.78 is 0. The monoisotopic (exact) mass is 357 g/mol. The van der Waals surface area contributed by atoms with Crippen molar-refractivity contribution in [3.8, 4) is 0 Å². The molecule has 2 amide bonds. The molecular weight excluding hydrogens is 337 g/mol. The molecule has 2 heterocycles. The fourth-order valence-electron chi connectivity index (χ4n) is 3.11. The van der Waals surface area contributed by atoms with Crippen molar-refractivity contribution in [3.05, 3.63) is 28.8 Å². The van der Waals surface area contributed by atoms with E-state index in [0.29, 0.717) is 18.8 Å². The smallest absolute Gasteiger partial charge is 0.249 e. The maximum Gasteiger partial charge on any atom is 0.249 e. The van der Waals surface area contributed by atoms with Crippen molar-refractivity contribution in [2.75, 3.05) is 18.4 Å². The fraction of sp³-hybridized carbons (Fsp3) is 0.500. The minimum absolute atomic E-state index is 0. The van der Waals surface area contributed by atoms with Gasteiger partial charge >= 0.3 is 0 Å². The average molecular weight is 358 g/mol. The number of rotatable bonds is 3. The minimum atomic E-state index is -0.376. The molecule has 3 N–H and O–H groups in total. The number of anilines is 1. The van der Waals surface area contributed by atoms with Crippen molar-refractivity contribution in [1.82, 2.24) is 10.6 Å². The van der Waals surface area contributed by atoms with Crippen LogP contribution in [0.15, 0.2) is 18.2 Å². The molecule has 0 aromatic heterocycles. The summed E-state index contributed by atoms with van der Waals surface area (Å²) in [5.41, 5.74) is 1.99. The standard InChI is InChI=1S/C16H20ClN3O2.ClH/c17-13-9-11(19-14-3-4-15(21)20-16(14)22)1-2-12(13)10-5-7-18-8-6-10;/h1-2,9-10,14,18-19H,3-8H2,(H,20,21,22);1H. The third-order valence-corrected chi connectivity index (χ3v) is 4.69. The molecule has 1 aromatic rings.